The van der Waals surface area contributed by atoms with E-state index in [1.165, 1.54) is 0 Å². The van der Waals surface area contributed by atoms with Crippen LogP contribution in [0.3, 0.4) is 0 Å². The quantitative estimate of drug-likeness (QED) is 0.429. The third-order valence-electron chi connectivity index (χ3n) is 4.77. The number of amidine groups is 2. The van der Waals surface area contributed by atoms with Gasteiger partial charge in [0.05, 0.1) is 14.2 Å². The first-order chi connectivity index (χ1) is 13.8. The average Bonchev–Trinajstić information content (AvgIpc) is 3.37. The molecule has 161 valence electrons. The summed E-state index contributed by atoms with van der Waals surface area (Å²) in [6.07, 6.45) is 11.6. The number of hydrogen-bond donors (Lipinski definition) is 0. The molecule has 0 aromatic carbocycles. The SMILES string of the molecule is COC1=CC=CC2N=C(c3cccc(C4=NC5C=CC=C(OC)C5=N4)n3)N=C12.[Cl-].[Cl-].[Co+2]. The molecular weight excluding hydrogens is 484 g/mol. The zero-order valence-electron chi connectivity index (χ0n) is 16.5. The number of rotatable bonds is 4. The van der Waals surface area contributed by atoms with E-state index in [2.05, 4.69) is 20.0 Å². The van der Waals surface area contributed by atoms with Crippen LogP contribution in [-0.2, 0) is 26.3 Å². The van der Waals surface area contributed by atoms with E-state index >= 15 is 0 Å². The van der Waals surface area contributed by atoms with Gasteiger partial charge in [-0.05, 0) is 24.3 Å². The first kappa shape index (κ1) is 24.7. The topological polar surface area (TPSA) is 80.8 Å². The molecule has 0 N–H and O–H groups in total. The summed E-state index contributed by atoms with van der Waals surface area (Å²) >= 11 is 0. The van der Waals surface area contributed by atoms with E-state index in [1.807, 2.05) is 54.7 Å². The van der Waals surface area contributed by atoms with Gasteiger partial charge in [-0.1, -0.05) is 30.4 Å². The van der Waals surface area contributed by atoms with Crippen molar-refractivity contribution in [3.05, 3.63) is 77.6 Å². The molecule has 0 saturated carbocycles. The van der Waals surface area contributed by atoms with E-state index in [1.54, 1.807) is 14.2 Å². The van der Waals surface area contributed by atoms with Crippen LogP contribution in [0.2, 0.25) is 0 Å². The van der Waals surface area contributed by atoms with E-state index in [0.29, 0.717) is 23.1 Å². The van der Waals surface area contributed by atoms with Crippen LogP contribution in [0.25, 0.3) is 0 Å². The van der Waals surface area contributed by atoms with Crippen LogP contribution in [0.4, 0.5) is 0 Å². The van der Waals surface area contributed by atoms with Gasteiger partial charge in [0, 0.05) is 0 Å². The Kier molecular flexibility index (Phi) is 8.13. The normalized spacial score (nSPS) is 22.0. The second kappa shape index (κ2) is 10.2. The Hall–Kier alpha value is -2.52. The minimum atomic E-state index is -0.133. The van der Waals surface area contributed by atoms with Crippen molar-refractivity contribution >= 4 is 23.1 Å². The number of ether oxygens (including phenoxy) is 2. The molecule has 0 saturated heterocycles. The van der Waals surface area contributed by atoms with Crippen LogP contribution in [0.1, 0.15) is 11.4 Å². The van der Waals surface area contributed by atoms with Crippen LogP contribution < -0.4 is 24.8 Å². The maximum atomic E-state index is 5.39. The zero-order valence-corrected chi connectivity index (χ0v) is 19.0. The van der Waals surface area contributed by atoms with Crippen LogP contribution in [-0.4, -0.2) is 54.4 Å². The van der Waals surface area contributed by atoms with E-state index < -0.39 is 0 Å². The van der Waals surface area contributed by atoms with Crippen molar-refractivity contribution in [1.82, 2.24) is 4.98 Å². The van der Waals surface area contributed by atoms with Crippen molar-refractivity contribution in [3.8, 4) is 0 Å². The Balaban J connectivity index is 0.00000114. The first-order valence-electron chi connectivity index (χ1n) is 8.93. The fraction of sp³-hybridized carbons (Fsp3) is 0.190. The molecule has 4 aliphatic rings. The van der Waals surface area contributed by atoms with Gasteiger partial charge in [-0.3, -0.25) is 9.98 Å². The molecule has 0 amide bonds. The second-order valence-corrected chi connectivity index (χ2v) is 6.44. The van der Waals surface area contributed by atoms with Gasteiger partial charge in [0.15, 0.2) is 11.7 Å². The van der Waals surface area contributed by atoms with Gasteiger partial charge in [-0.25, -0.2) is 15.0 Å². The predicted molar refractivity (Wildman–Crippen MR) is 108 cm³/mol. The molecule has 5 rings (SSSR count). The smallest absolute Gasteiger partial charge is 1.00 e. The first-order valence-corrected chi connectivity index (χ1v) is 8.93. The van der Waals surface area contributed by atoms with Crippen molar-refractivity contribution in [1.29, 1.82) is 0 Å². The Morgan fingerprint density at radius 3 is 1.61 bits per heavy atom. The Morgan fingerprint density at radius 1 is 0.742 bits per heavy atom. The summed E-state index contributed by atoms with van der Waals surface area (Å²) in [4.78, 5) is 23.3. The molecule has 0 bridgehead atoms. The van der Waals surface area contributed by atoms with Gasteiger partial charge in [0.2, 0.25) is 0 Å². The Bertz CT molecular complexity index is 1040. The van der Waals surface area contributed by atoms with Crippen LogP contribution in [0.5, 0.6) is 0 Å². The average molecular weight is 501 g/mol. The number of aliphatic imine (C=N–C) groups is 4. The molecule has 2 atom stereocenters. The number of halogens is 2. The molecule has 0 fully saturated rings. The van der Waals surface area contributed by atoms with Gasteiger partial charge in [0.25, 0.3) is 0 Å². The molecular formula is C21H17Cl2CoN5O2. The monoisotopic (exact) mass is 500 g/mol. The number of nitrogens with zero attached hydrogens (tertiary/aromatic N) is 5. The molecule has 2 aliphatic carbocycles. The summed E-state index contributed by atoms with van der Waals surface area (Å²) in [6, 6.07) is 5.43. The molecule has 7 nitrogen and oxygen atoms in total. The number of aromatic nitrogens is 1. The standard InChI is InChI=1S/C21H17N5O2.2ClH.Co/c1-27-16-10-4-6-12-18(16)25-20(23-12)14-8-3-9-15(22-14)21-24-13-7-5-11-17(28-2)19(13)26-21;;;/h3-13H,1-2H3;2*1H;/q;;;+2/p-2. The fourth-order valence-electron chi connectivity index (χ4n) is 3.42. The molecule has 0 spiro atoms. The predicted octanol–water partition coefficient (Wildman–Crippen LogP) is -3.57. The summed E-state index contributed by atoms with van der Waals surface area (Å²) in [5.41, 5.74) is 2.96. The van der Waals surface area contributed by atoms with Crippen molar-refractivity contribution in [3.63, 3.8) is 0 Å². The minimum absolute atomic E-state index is 0. The van der Waals surface area contributed by atoms with Crippen LogP contribution >= 0.6 is 0 Å². The molecule has 2 unspecified atom stereocenters. The minimum Gasteiger partial charge on any atom is -1.00 e. The molecule has 3 heterocycles. The summed E-state index contributed by atoms with van der Waals surface area (Å²) in [6.45, 7) is 0. The molecule has 1 aromatic rings. The van der Waals surface area contributed by atoms with Gasteiger partial charge < -0.3 is 34.3 Å². The number of pyridine rings is 1. The summed E-state index contributed by atoms with van der Waals surface area (Å²) in [5.74, 6) is 2.61. The zero-order chi connectivity index (χ0) is 19.1. The third-order valence-corrected chi connectivity index (χ3v) is 4.77. The number of allylic oxidation sites excluding steroid dienone is 4. The third kappa shape index (κ3) is 4.43. The molecule has 1 aromatic heterocycles. The molecule has 31 heavy (non-hydrogen) atoms. The Labute approximate surface area is 202 Å². The summed E-state index contributed by atoms with van der Waals surface area (Å²) in [7, 11) is 3.27. The molecule has 2 aliphatic heterocycles. The maximum Gasteiger partial charge on any atom is 2.00 e. The van der Waals surface area contributed by atoms with Gasteiger partial charge >= 0.3 is 16.8 Å². The largest absolute Gasteiger partial charge is 2.00 e. The maximum absolute atomic E-state index is 5.39. The summed E-state index contributed by atoms with van der Waals surface area (Å²) < 4.78 is 10.8. The van der Waals surface area contributed by atoms with E-state index in [0.717, 1.165) is 22.9 Å². The van der Waals surface area contributed by atoms with Gasteiger partial charge in [-0.15, -0.1) is 0 Å². The van der Waals surface area contributed by atoms with Crippen LogP contribution in [0, 0.1) is 0 Å². The number of hydrogen-bond acceptors (Lipinski definition) is 7. The fourth-order valence-corrected chi connectivity index (χ4v) is 3.42. The molecule has 1 radical (unpaired) electrons. The number of fused-ring (bicyclic) bond motifs is 2. The van der Waals surface area contributed by atoms with Gasteiger partial charge in [-0.2, -0.15) is 0 Å². The molecule has 10 heteroatoms. The van der Waals surface area contributed by atoms with Crippen molar-refractivity contribution in [2.24, 2.45) is 20.0 Å². The van der Waals surface area contributed by atoms with E-state index in [-0.39, 0.29) is 53.7 Å². The van der Waals surface area contributed by atoms with Crippen LogP contribution in [0.15, 0.2) is 86.1 Å². The van der Waals surface area contributed by atoms with Crippen molar-refractivity contribution < 1.29 is 51.1 Å². The van der Waals surface area contributed by atoms with E-state index in [4.69, 9.17) is 14.5 Å². The second-order valence-electron chi connectivity index (χ2n) is 6.44. The van der Waals surface area contributed by atoms with E-state index in [9.17, 15) is 0 Å². The van der Waals surface area contributed by atoms with Crippen molar-refractivity contribution in [2.75, 3.05) is 14.2 Å². The Morgan fingerprint density at radius 2 is 1.19 bits per heavy atom. The van der Waals surface area contributed by atoms with Crippen molar-refractivity contribution in [2.45, 2.75) is 12.1 Å². The summed E-state index contributed by atoms with van der Waals surface area (Å²) in [5, 5.41) is 0. The number of methoxy groups -OCH3 is 2. The van der Waals surface area contributed by atoms with Gasteiger partial charge in [0.1, 0.15) is 46.4 Å².